The Morgan fingerprint density at radius 3 is 2.29 bits per heavy atom. The summed E-state index contributed by atoms with van der Waals surface area (Å²) in [5, 5.41) is 11.8. The van der Waals surface area contributed by atoms with Crippen molar-refractivity contribution in [3.63, 3.8) is 0 Å². The minimum absolute atomic E-state index is 0.0691. The lowest BCUT2D eigenvalue weighted by molar-refractivity contribution is 0.00578. The third-order valence-electron chi connectivity index (χ3n) is 4.68. The van der Waals surface area contributed by atoms with Crippen molar-refractivity contribution in [2.45, 2.75) is 65.3 Å². The second kappa shape index (κ2) is 7.64. The van der Waals surface area contributed by atoms with E-state index in [0.717, 1.165) is 0 Å². The molecule has 1 aliphatic rings. The first-order chi connectivity index (χ1) is 12.7. The predicted molar refractivity (Wildman–Crippen MR) is 106 cm³/mol. The van der Waals surface area contributed by atoms with Gasteiger partial charge in [0.15, 0.2) is 0 Å². The SMILES string of the molecule is CC(C)(C)OC(=O)NCC(=Cc1c[nH]c(C(=O)O)c1)B1OC(C)(C)C(C)(C)O1. The number of hydrogen-bond donors (Lipinski definition) is 3. The molecule has 1 saturated heterocycles. The fraction of sp³-hybridized carbons (Fsp3) is 0.579. The standard InChI is InChI=1S/C19H29BN2O6/c1-17(2,3)26-16(25)22-11-13(8-12-9-14(15(23)24)21-10-12)20-27-18(4,5)19(6,7)28-20/h8-10,21H,11H2,1-7H3,(H,22,25)(H,23,24). The van der Waals surface area contributed by atoms with E-state index >= 15 is 0 Å². The average Bonchev–Trinajstić information content (AvgIpc) is 3.04. The maximum Gasteiger partial charge on any atom is 0.492 e. The molecular weight excluding hydrogens is 363 g/mol. The van der Waals surface area contributed by atoms with Gasteiger partial charge in [0.05, 0.1) is 11.2 Å². The molecule has 1 fully saturated rings. The van der Waals surface area contributed by atoms with E-state index in [4.69, 9.17) is 19.2 Å². The predicted octanol–water partition coefficient (Wildman–Crippen LogP) is 3.25. The van der Waals surface area contributed by atoms with Crippen molar-refractivity contribution < 1.29 is 28.7 Å². The van der Waals surface area contributed by atoms with Gasteiger partial charge in [-0.15, -0.1) is 0 Å². The van der Waals surface area contributed by atoms with Gasteiger partial charge in [0.2, 0.25) is 0 Å². The molecule has 0 aliphatic carbocycles. The highest BCUT2D eigenvalue weighted by molar-refractivity contribution is 6.56. The lowest BCUT2D eigenvalue weighted by atomic mass is 9.77. The van der Waals surface area contributed by atoms with Crippen molar-refractivity contribution in [3.8, 4) is 0 Å². The van der Waals surface area contributed by atoms with Crippen molar-refractivity contribution in [2.75, 3.05) is 6.54 Å². The minimum atomic E-state index is -1.05. The maximum absolute atomic E-state index is 12.1. The topological polar surface area (TPSA) is 110 Å². The average molecular weight is 392 g/mol. The fourth-order valence-electron chi connectivity index (χ4n) is 2.52. The van der Waals surface area contributed by atoms with Crippen LogP contribution >= 0.6 is 0 Å². The van der Waals surface area contributed by atoms with Crippen LogP contribution in [0.15, 0.2) is 17.7 Å². The summed E-state index contributed by atoms with van der Waals surface area (Å²) in [5.74, 6) is -1.05. The number of H-pyrrole nitrogens is 1. The number of rotatable bonds is 5. The molecule has 0 radical (unpaired) electrons. The smallest absolute Gasteiger partial charge is 0.477 e. The molecule has 3 N–H and O–H groups in total. The molecule has 0 atom stereocenters. The summed E-state index contributed by atoms with van der Waals surface area (Å²) in [7, 11) is -0.692. The zero-order chi connectivity index (χ0) is 21.3. The van der Waals surface area contributed by atoms with E-state index in [2.05, 4.69) is 10.3 Å². The summed E-state index contributed by atoms with van der Waals surface area (Å²) in [6.07, 6.45) is 2.75. The van der Waals surface area contributed by atoms with Gasteiger partial charge in [-0.1, -0.05) is 6.08 Å². The molecule has 1 amide bonds. The highest BCUT2D eigenvalue weighted by atomic mass is 16.7. The van der Waals surface area contributed by atoms with E-state index in [1.54, 1.807) is 33.0 Å². The first-order valence-corrected chi connectivity index (χ1v) is 9.15. The van der Waals surface area contributed by atoms with Crippen molar-refractivity contribution in [3.05, 3.63) is 29.0 Å². The number of alkyl carbamates (subject to hydrolysis) is 1. The molecule has 0 unspecified atom stereocenters. The lowest BCUT2D eigenvalue weighted by Crippen LogP contribution is -2.41. The van der Waals surface area contributed by atoms with E-state index in [1.807, 2.05) is 27.7 Å². The van der Waals surface area contributed by atoms with Crippen LogP contribution < -0.4 is 5.32 Å². The Hall–Kier alpha value is -2.26. The summed E-state index contributed by atoms with van der Waals surface area (Å²) in [6.45, 7) is 13.2. The van der Waals surface area contributed by atoms with Crippen LogP contribution in [0.3, 0.4) is 0 Å². The summed E-state index contributed by atoms with van der Waals surface area (Å²) in [4.78, 5) is 25.8. The van der Waals surface area contributed by atoms with Crippen LogP contribution in [0.4, 0.5) is 4.79 Å². The molecule has 0 aromatic carbocycles. The maximum atomic E-state index is 12.1. The van der Waals surface area contributed by atoms with Crippen LogP contribution in [0.5, 0.6) is 0 Å². The summed E-state index contributed by atoms with van der Waals surface area (Å²) >= 11 is 0. The zero-order valence-electron chi connectivity index (χ0n) is 17.5. The molecule has 2 rings (SSSR count). The fourth-order valence-corrected chi connectivity index (χ4v) is 2.52. The van der Waals surface area contributed by atoms with E-state index in [0.29, 0.717) is 11.0 Å². The zero-order valence-corrected chi connectivity index (χ0v) is 17.5. The van der Waals surface area contributed by atoms with Crippen molar-refractivity contribution in [1.82, 2.24) is 10.3 Å². The number of amides is 1. The number of carbonyl (C=O) groups excluding carboxylic acids is 1. The monoisotopic (exact) mass is 392 g/mol. The Balaban J connectivity index is 2.24. The number of hydrogen-bond acceptors (Lipinski definition) is 5. The third-order valence-corrected chi connectivity index (χ3v) is 4.68. The summed E-state index contributed by atoms with van der Waals surface area (Å²) in [5.41, 5.74) is -0.372. The number of aromatic amines is 1. The Bertz CT molecular complexity index is 760. The summed E-state index contributed by atoms with van der Waals surface area (Å²) in [6, 6.07) is 1.50. The Morgan fingerprint density at radius 1 is 1.25 bits per heavy atom. The largest absolute Gasteiger partial charge is 0.492 e. The number of nitrogens with one attached hydrogen (secondary N) is 2. The van der Waals surface area contributed by atoms with E-state index in [-0.39, 0.29) is 12.2 Å². The van der Waals surface area contributed by atoms with Gasteiger partial charge in [-0.2, -0.15) is 0 Å². The van der Waals surface area contributed by atoms with Gasteiger partial charge in [0.1, 0.15) is 11.3 Å². The van der Waals surface area contributed by atoms with Crippen LogP contribution in [0, 0.1) is 0 Å². The molecule has 1 aromatic heterocycles. The third kappa shape index (κ3) is 5.39. The van der Waals surface area contributed by atoms with Gasteiger partial charge in [-0.05, 0) is 65.6 Å². The van der Waals surface area contributed by atoms with Crippen LogP contribution in [-0.4, -0.2) is 52.6 Å². The van der Waals surface area contributed by atoms with Gasteiger partial charge in [0.25, 0.3) is 0 Å². The molecule has 9 heteroatoms. The van der Waals surface area contributed by atoms with Crippen LogP contribution in [0.1, 0.15) is 64.5 Å². The Labute approximate surface area is 165 Å². The van der Waals surface area contributed by atoms with Crippen LogP contribution in [0.2, 0.25) is 0 Å². The first kappa shape index (κ1) is 22.0. The van der Waals surface area contributed by atoms with E-state index < -0.39 is 36.0 Å². The van der Waals surface area contributed by atoms with Gasteiger partial charge in [-0.3, -0.25) is 0 Å². The molecule has 2 heterocycles. The number of carboxylic acid groups (broad SMARTS) is 1. The molecule has 1 aliphatic heterocycles. The molecule has 1 aromatic rings. The van der Waals surface area contributed by atoms with Gasteiger partial charge in [-0.25, -0.2) is 9.59 Å². The number of aromatic nitrogens is 1. The molecule has 0 spiro atoms. The second-order valence-electron chi connectivity index (χ2n) is 8.81. The minimum Gasteiger partial charge on any atom is -0.477 e. The van der Waals surface area contributed by atoms with Gasteiger partial charge >= 0.3 is 19.2 Å². The highest BCUT2D eigenvalue weighted by Crippen LogP contribution is 2.38. The van der Waals surface area contributed by atoms with E-state index in [9.17, 15) is 9.59 Å². The van der Waals surface area contributed by atoms with Crippen LogP contribution in [0.25, 0.3) is 6.08 Å². The number of aromatic carboxylic acids is 1. The summed E-state index contributed by atoms with van der Waals surface area (Å²) < 4.78 is 17.4. The molecule has 0 saturated carbocycles. The highest BCUT2D eigenvalue weighted by Gasteiger charge is 2.52. The van der Waals surface area contributed by atoms with Crippen molar-refractivity contribution in [1.29, 1.82) is 0 Å². The molecule has 0 bridgehead atoms. The Kier molecular flexibility index (Phi) is 6.01. The number of carboxylic acids is 1. The van der Waals surface area contributed by atoms with Gasteiger partial charge in [0, 0.05) is 12.7 Å². The molecule has 28 heavy (non-hydrogen) atoms. The number of carbonyl (C=O) groups is 2. The van der Waals surface area contributed by atoms with Crippen molar-refractivity contribution in [2.24, 2.45) is 0 Å². The molecular formula is C19H29BN2O6. The van der Waals surface area contributed by atoms with Crippen LogP contribution in [-0.2, 0) is 14.0 Å². The second-order valence-corrected chi connectivity index (χ2v) is 8.81. The normalized spacial score (nSPS) is 18.8. The quantitative estimate of drug-likeness (QED) is 0.664. The molecule has 8 nitrogen and oxygen atoms in total. The number of ether oxygens (including phenoxy) is 1. The Morgan fingerprint density at radius 2 is 1.82 bits per heavy atom. The lowest BCUT2D eigenvalue weighted by Gasteiger charge is -2.32. The first-order valence-electron chi connectivity index (χ1n) is 9.15. The van der Waals surface area contributed by atoms with Gasteiger partial charge < -0.3 is 29.5 Å². The van der Waals surface area contributed by atoms with Crippen molar-refractivity contribution >= 4 is 25.3 Å². The molecule has 154 valence electrons. The van der Waals surface area contributed by atoms with E-state index in [1.165, 1.54) is 6.07 Å².